The summed E-state index contributed by atoms with van der Waals surface area (Å²) in [7, 11) is 0. The molecule has 0 amide bonds. The molecule has 6 rings (SSSR count). The number of rotatable bonds is 5. The maximum absolute atomic E-state index is 13.3. The van der Waals surface area contributed by atoms with E-state index >= 15 is 0 Å². The van der Waals surface area contributed by atoms with E-state index in [9.17, 15) is 4.79 Å². The third-order valence-electron chi connectivity index (χ3n) is 6.21. The van der Waals surface area contributed by atoms with Crippen molar-refractivity contribution in [2.45, 2.75) is 6.61 Å². The maximum Gasteiger partial charge on any atom is 0.200 e. The molecule has 0 spiro atoms. The van der Waals surface area contributed by atoms with E-state index in [4.69, 9.17) is 23.4 Å². The van der Waals surface area contributed by atoms with Crippen molar-refractivity contribution in [2.75, 3.05) is 44.4 Å². The highest BCUT2D eigenvalue weighted by Gasteiger charge is 2.20. The Morgan fingerprint density at radius 1 is 0.829 bits per heavy atom. The zero-order valence-corrected chi connectivity index (χ0v) is 19.2. The molecular formula is C28H25NO6. The van der Waals surface area contributed by atoms with Gasteiger partial charge in [0.1, 0.15) is 31.2 Å². The van der Waals surface area contributed by atoms with Gasteiger partial charge in [-0.2, -0.15) is 0 Å². The number of benzene rings is 3. The largest absolute Gasteiger partial charge is 0.489 e. The lowest BCUT2D eigenvalue weighted by Gasteiger charge is -2.27. The van der Waals surface area contributed by atoms with Crippen LogP contribution in [-0.4, -0.2) is 39.5 Å². The Balaban J connectivity index is 1.47. The average Bonchev–Trinajstić information content (AvgIpc) is 2.92. The standard InChI is InChI=1S/C28H25NO6/c30-24-17-27(29-8-10-31-11-9-29)35-28-22(20-6-7-25-26(14-20)33-13-12-32-25)15-21(16-23(24)28)34-18-19-4-2-1-3-5-19/h1-7,14-17H,8-13,18H2. The molecule has 0 unspecified atom stereocenters. The lowest BCUT2D eigenvalue weighted by molar-refractivity contribution is 0.121. The van der Waals surface area contributed by atoms with E-state index < -0.39 is 0 Å². The van der Waals surface area contributed by atoms with Gasteiger partial charge in [-0.25, -0.2) is 0 Å². The van der Waals surface area contributed by atoms with Crippen LogP contribution in [0.1, 0.15) is 5.56 Å². The number of ether oxygens (including phenoxy) is 4. The Kier molecular flexibility index (Phi) is 5.76. The minimum atomic E-state index is -0.114. The maximum atomic E-state index is 13.3. The minimum Gasteiger partial charge on any atom is -0.489 e. The molecule has 2 aliphatic heterocycles. The van der Waals surface area contributed by atoms with E-state index in [1.54, 1.807) is 12.1 Å². The summed E-state index contributed by atoms with van der Waals surface area (Å²) in [6.45, 7) is 3.96. The summed E-state index contributed by atoms with van der Waals surface area (Å²) in [5, 5.41) is 0.470. The van der Waals surface area contributed by atoms with Crippen LogP contribution < -0.4 is 24.5 Å². The van der Waals surface area contributed by atoms with Crippen LogP contribution in [0.15, 0.2) is 75.9 Å². The van der Waals surface area contributed by atoms with Crippen molar-refractivity contribution in [1.29, 1.82) is 0 Å². The second kappa shape index (κ2) is 9.35. The molecule has 4 aromatic rings. The van der Waals surface area contributed by atoms with Crippen LogP contribution in [0.4, 0.5) is 5.88 Å². The lowest BCUT2D eigenvalue weighted by atomic mass is 10.0. The molecule has 0 N–H and O–H groups in total. The van der Waals surface area contributed by atoms with E-state index in [-0.39, 0.29) is 5.43 Å². The number of morpholine rings is 1. The Morgan fingerprint density at radius 3 is 2.46 bits per heavy atom. The van der Waals surface area contributed by atoms with E-state index in [1.807, 2.05) is 59.5 Å². The third kappa shape index (κ3) is 4.42. The van der Waals surface area contributed by atoms with Gasteiger partial charge in [-0.05, 0) is 35.4 Å². The van der Waals surface area contributed by atoms with E-state index in [0.29, 0.717) is 80.2 Å². The van der Waals surface area contributed by atoms with Gasteiger partial charge in [-0.15, -0.1) is 0 Å². The van der Waals surface area contributed by atoms with Crippen LogP contribution in [0.3, 0.4) is 0 Å². The van der Waals surface area contributed by atoms with Crippen LogP contribution >= 0.6 is 0 Å². The van der Waals surface area contributed by atoms with Gasteiger partial charge >= 0.3 is 0 Å². The summed E-state index contributed by atoms with van der Waals surface area (Å²) in [6.07, 6.45) is 0. The summed E-state index contributed by atoms with van der Waals surface area (Å²) < 4.78 is 29.4. The fourth-order valence-corrected chi connectivity index (χ4v) is 4.41. The van der Waals surface area contributed by atoms with Crippen LogP contribution in [0, 0.1) is 0 Å². The molecule has 3 aromatic carbocycles. The van der Waals surface area contributed by atoms with Crippen LogP contribution in [0.2, 0.25) is 0 Å². The average molecular weight is 472 g/mol. The van der Waals surface area contributed by atoms with Gasteiger partial charge in [0.2, 0.25) is 0 Å². The van der Waals surface area contributed by atoms with Gasteiger partial charge in [0.15, 0.2) is 22.8 Å². The SMILES string of the molecule is O=c1cc(N2CCOCC2)oc2c(-c3ccc4c(c3)OCCO4)cc(OCc3ccccc3)cc12. The first-order chi connectivity index (χ1) is 17.2. The van der Waals surface area contributed by atoms with Gasteiger partial charge in [0.25, 0.3) is 0 Å². The number of anilines is 1. The molecule has 0 saturated carbocycles. The number of hydrogen-bond acceptors (Lipinski definition) is 7. The van der Waals surface area contributed by atoms with E-state index in [0.717, 1.165) is 16.7 Å². The van der Waals surface area contributed by atoms with Crippen LogP contribution in [0.5, 0.6) is 17.2 Å². The highest BCUT2D eigenvalue weighted by atomic mass is 16.6. The summed E-state index contributed by atoms with van der Waals surface area (Å²) in [6, 6.07) is 20.9. The molecular weight excluding hydrogens is 446 g/mol. The normalized spacial score (nSPS) is 15.3. The predicted molar refractivity (Wildman–Crippen MR) is 133 cm³/mol. The highest BCUT2D eigenvalue weighted by molar-refractivity contribution is 5.94. The van der Waals surface area contributed by atoms with Gasteiger partial charge in [-0.1, -0.05) is 36.4 Å². The van der Waals surface area contributed by atoms with Gasteiger partial charge in [-0.3, -0.25) is 4.79 Å². The van der Waals surface area contributed by atoms with Crippen molar-refractivity contribution in [3.8, 4) is 28.4 Å². The summed E-state index contributed by atoms with van der Waals surface area (Å²) in [5.41, 5.74) is 3.06. The zero-order valence-electron chi connectivity index (χ0n) is 19.2. The highest BCUT2D eigenvalue weighted by Crippen LogP contribution is 2.39. The molecule has 7 nitrogen and oxygen atoms in total. The summed E-state index contributed by atoms with van der Waals surface area (Å²) in [4.78, 5) is 15.3. The fraction of sp³-hybridized carbons (Fsp3) is 0.250. The molecule has 0 bridgehead atoms. The Hall–Kier alpha value is -3.97. The minimum absolute atomic E-state index is 0.114. The van der Waals surface area contributed by atoms with Gasteiger partial charge in [0, 0.05) is 24.7 Å². The fourth-order valence-electron chi connectivity index (χ4n) is 4.41. The first-order valence-electron chi connectivity index (χ1n) is 11.8. The van der Waals surface area contributed by atoms with E-state index in [1.165, 1.54) is 0 Å². The summed E-state index contributed by atoms with van der Waals surface area (Å²) >= 11 is 0. The van der Waals surface area contributed by atoms with Gasteiger partial charge < -0.3 is 28.3 Å². The first kappa shape index (κ1) is 21.6. The molecule has 1 aromatic heterocycles. The molecule has 0 aliphatic carbocycles. The molecule has 2 aliphatic rings. The van der Waals surface area contributed by atoms with Crippen LogP contribution in [0.25, 0.3) is 22.1 Å². The van der Waals surface area contributed by atoms with Crippen molar-refractivity contribution in [3.63, 3.8) is 0 Å². The van der Waals surface area contributed by atoms with Gasteiger partial charge in [0.05, 0.1) is 18.6 Å². The van der Waals surface area contributed by atoms with Crippen molar-refractivity contribution in [3.05, 3.63) is 82.5 Å². The smallest absolute Gasteiger partial charge is 0.200 e. The predicted octanol–water partition coefficient (Wildman–Crippen LogP) is 4.65. The first-order valence-corrected chi connectivity index (χ1v) is 11.8. The van der Waals surface area contributed by atoms with Crippen molar-refractivity contribution in [1.82, 2.24) is 0 Å². The molecule has 1 fully saturated rings. The Bertz CT molecular complexity index is 1410. The second-order valence-corrected chi connectivity index (χ2v) is 8.53. The van der Waals surface area contributed by atoms with Crippen LogP contribution in [-0.2, 0) is 11.3 Å². The molecule has 0 radical (unpaired) electrons. The molecule has 7 heteroatoms. The van der Waals surface area contributed by atoms with E-state index in [2.05, 4.69) is 0 Å². The topological polar surface area (TPSA) is 70.4 Å². The molecule has 178 valence electrons. The molecule has 0 atom stereocenters. The van der Waals surface area contributed by atoms with Crippen molar-refractivity contribution < 1.29 is 23.4 Å². The second-order valence-electron chi connectivity index (χ2n) is 8.53. The third-order valence-corrected chi connectivity index (χ3v) is 6.21. The number of hydrogen-bond donors (Lipinski definition) is 0. The Morgan fingerprint density at radius 2 is 1.63 bits per heavy atom. The van der Waals surface area contributed by atoms with Crippen molar-refractivity contribution >= 4 is 16.9 Å². The molecule has 3 heterocycles. The zero-order chi connectivity index (χ0) is 23.6. The Labute approximate surface area is 202 Å². The lowest BCUT2D eigenvalue weighted by Crippen LogP contribution is -2.36. The molecule has 35 heavy (non-hydrogen) atoms. The number of fused-ring (bicyclic) bond motifs is 2. The molecule has 1 saturated heterocycles. The summed E-state index contributed by atoms with van der Waals surface area (Å²) in [5.74, 6) is 2.51. The quantitative estimate of drug-likeness (QED) is 0.420. The monoisotopic (exact) mass is 471 g/mol. The van der Waals surface area contributed by atoms with Crippen molar-refractivity contribution in [2.24, 2.45) is 0 Å². The number of nitrogens with zero attached hydrogens (tertiary/aromatic N) is 1.